The number of nitrogens with one attached hydrogen (secondary N) is 2. The molecule has 4 fully saturated rings. The number of likely N-dealkylation sites (tertiary alicyclic amines) is 1. The summed E-state index contributed by atoms with van der Waals surface area (Å²) in [6.45, 7) is 5.09. The SMILES string of the molecule is Cc1cc(-c2ccc(Cl)cc2C[C@H]2C(=O)N(C)CCCCCCC[C@H](N(C)C(=O)[C@@H](NC(=O)[C@@H]3C[C@@H](F)CN3C(=O)C3(C(F)(F)F)CC(F)(F)C3)C3CC3)C(=O)N[C@@H](CC(C)C)C(=O)N2C)n(C)n1. The average molecular weight is 1000 g/mol. The topological polar surface area (TPSA) is 157 Å². The molecule has 6 atom stereocenters. The first-order valence-corrected chi connectivity index (χ1v) is 24.2. The van der Waals surface area contributed by atoms with E-state index >= 15 is 0 Å². The maximum absolute atomic E-state index is 14.9. The Kier molecular flexibility index (Phi) is 16.4. The Hall–Kier alpha value is -4.88. The lowest BCUT2D eigenvalue weighted by atomic mass is 9.64. The molecule has 2 saturated carbocycles. The Balaban J connectivity index is 1.25. The van der Waals surface area contributed by atoms with Gasteiger partial charge < -0.3 is 30.2 Å². The number of aryl methyl sites for hydroxylation is 2. The van der Waals surface area contributed by atoms with E-state index in [4.69, 9.17) is 11.6 Å². The van der Waals surface area contributed by atoms with Crippen molar-refractivity contribution in [1.82, 2.24) is 40.0 Å². The summed E-state index contributed by atoms with van der Waals surface area (Å²) in [5, 5.41) is 10.4. The summed E-state index contributed by atoms with van der Waals surface area (Å²) in [6, 6.07) is 0.737. The van der Waals surface area contributed by atoms with Crippen molar-refractivity contribution in [3.63, 3.8) is 0 Å². The monoisotopic (exact) mass is 998 g/mol. The van der Waals surface area contributed by atoms with Gasteiger partial charge in [-0.1, -0.05) is 57.2 Å². The molecule has 2 aliphatic carbocycles. The minimum absolute atomic E-state index is 0.0694. The fourth-order valence-corrected chi connectivity index (χ4v) is 10.3. The van der Waals surface area contributed by atoms with Gasteiger partial charge in [0.15, 0.2) is 5.41 Å². The van der Waals surface area contributed by atoms with Crippen LogP contribution in [0.1, 0.15) is 102 Å². The molecule has 6 rings (SSSR count). The molecule has 3 heterocycles. The molecule has 0 radical (unpaired) electrons. The summed E-state index contributed by atoms with van der Waals surface area (Å²) in [5.41, 5.74) is -0.469. The van der Waals surface area contributed by atoms with E-state index < -0.39 is 115 Å². The highest BCUT2D eigenvalue weighted by Crippen LogP contribution is 2.61. The molecule has 6 amide bonds. The molecule has 0 spiro atoms. The highest BCUT2D eigenvalue weighted by molar-refractivity contribution is 6.30. The van der Waals surface area contributed by atoms with Gasteiger partial charge in [0.25, 0.3) is 5.92 Å². The van der Waals surface area contributed by atoms with Crippen molar-refractivity contribution in [2.45, 2.75) is 153 Å². The van der Waals surface area contributed by atoms with Crippen LogP contribution in [0.25, 0.3) is 11.3 Å². The molecule has 0 bridgehead atoms. The predicted molar refractivity (Wildman–Crippen MR) is 244 cm³/mol. The first-order chi connectivity index (χ1) is 32.2. The zero-order valence-corrected chi connectivity index (χ0v) is 41.1. The summed E-state index contributed by atoms with van der Waals surface area (Å²) in [7, 11) is 6.40. The van der Waals surface area contributed by atoms with Crippen LogP contribution in [0.2, 0.25) is 5.02 Å². The summed E-state index contributed by atoms with van der Waals surface area (Å²) in [5.74, 6) is -9.56. The normalized spacial score (nSPS) is 25.6. The molecular weight excluding hydrogens is 934 g/mol. The van der Waals surface area contributed by atoms with Crippen molar-refractivity contribution in [3.05, 3.63) is 40.5 Å². The predicted octanol–water partition coefficient (Wildman–Crippen LogP) is 6.40. The van der Waals surface area contributed by atoms with Gasteiger partial charge in [-0.15, -0.1) is 0 Å². The molecule has 2 aromatic rings. The molecule has 2 saturated heterocycles. The van der Waals surface area contributed by atoms with Crippen LogP contribution in [-0.2, 0) is 42.2 Å². The molecule has 2 N–H and O–H groups in total. The number of hydrogen-bond donors (Lipinski definition) is 2. The van der Waals surface area contributed by atoms with E-state index in [-0.39, 0.29) is 31.1 Å². The Morgan fingerprint density at radius 2 is 1.62 bits per heavy atom. The Morgan fingerprint density at radius 1 is 0.971 bits per heavy atom. The van der Waals surface area contributed by atoms with Crippen molar-refractivity contribution < 1.29 is 55.1 Å². The van der Waals surface area contributed by atoms with Gasteiger partial charge >= 0.3 is 6.18 Å². The third-order valence-electron chi connectivity index (χ3n) is 14.2. The molecule has 14 nitrogen and oxygen atoms in total. The van der Waals surface area contributed by atoms with E-state index in [0.717, 1.165) is 29.8 Å². The van der Waals surface area contributed by atoms with Gasteiger partial charge in [0.05, 0.1) is 17.9 Å². The number of hydrogen-bond acceptors (Lipinski definition) is 7. The van der Waals surface area contributed by atoms with E-state index in [1.54, 1.807) is 35.8 Å². The highest BCUT2D eigenvalue weighted by Gasteiger charge is 2.75. The number of likely N-dealkylation sites (N-methyl/N-ethyl adjacent to an activating group) is 3. The van der Waals surface area contributed by atoms with Crippen molar-refractivity contribution >= 4 is 47.0 Å². The fraction of sp³-hybridized carbons (Fsp3) is 0.688. The molecular formula is C48H65ClF6N8O6. The number of rotatable bonds is 11. The van der Waals surface area contributed by atoms with Crippen LogP contribution in [0.3, 0.4) is 0 Å². The Morgan fingerprint density at radius 3 is 2.22 bits per heavy atom. The van der Waals surface area contributed by atoms with Gasteiger partial charge in [-0.25, -0.2) is 13.2 Å². The third-order valence-corrected chi connectivity index (χ3v) is 14.4. The van der Waals surface area contributed by atoms with E-state index in [9.17, 15) is 55.1 Å². The number of nitrogens with zero attached hydrogens (tertiary/aromatic N) is 6. The number of halogens is 7. The van der Waals surface area contributed by atoms with Crippen LogP contribution in [-0.4, -0.2) is 148 Å². The maximum atomic E-state index is 14.9. The van der Waals surface area contributed by atoms with Crippen LogP contribution in [0.15, 0.2) is 24.3 Å². The standard InChI is InChI=1S/C48H65ClF6N8O6/c1-27(2)19-34-42(66)61(6)38(22-30-21-31(49)16-17-33(30)36-20-28(3)58-62(36)7)43(67)59(4)18-12-10-8-9-11-13-35(40(64)56-34)60(5)44(68)39(29-14-15-29)57-41(65)37-23-32(50)24-63(37)45(69)46(48(53,54)55)25-47(51,52)26-46/h16-17,20-21,27,29,32,34-35,37-39H,8-15,18-19,22-26H2,1-7H3,(H,56,64)(H,57,65)/t32-,34+,35+,37+,38+,39+/m1/s1. The lowest BCUT2D eigenvalue weighted by molar-refractivity contribution is -0.299. The van der Waals surface area contributed by atoms with E-state index in [0.29, 0.717) is 54.1 Å². The van der Waals surface area contributed by atoms with Gasteiger partial charge in [-0.2, -0.15) is 18.3 Å². The molecule has 382 valence electrons. The van der Waals surface area contributed by atoms with Gasteiger partial charge in [0.1, 0.15) is 36.4 Å². The van der Waals surface area contributed by atoms with Crippen LogP contribution in [0.4, 0.5) is 26.3 Å². The summed E-state index contributed by atoms with van der Waals surface area (Å²) >= 11 is 6.55. The van der Waals surface area contributed by atoms with E-state index in [1.807, 2.05) is 32.9 Å². The molecule has 0 unspecified atom stereocenters. The maximum Gasteiger partial charge on any atom is 0.403 e. The van der Waals surface area contributed by atoms with Gasteiger partial charge in [-0.3, -0.25) is 33.4 Å². The quantitative estimate of drug-likeness (QED) is 0.247. The number of carbonyl (C=O) groups excluding carboxylic acids is 6. The largest absolute Gasteiger partial charge is 0.403 e. The van der Waals surface area contributed by atoms with Crippen LogP contribution >= 0.6 is 11.6 Å². The second-order valence-corrected chi connectivity index (χ2v) is 20.6. The number of aromatic nitrogens is 2. The van der Waals surface area contributed by atoms with Crippen LogP contribution in [0, 0.1) is 24.2 Å². The molecule has 1 aromatic carbocycles. The van der Waals surface area contributed by atoms with E-state index in [1.165, 1.54) is 23.9 Å². The Bertz CT molecular complexity index is 2250. The molecule has 21 heteroatoms. The minimum Gasteiger partial charge on any atom is -0.344 e. The molecule has 69 heavy (non-hydrogen) atoms. The van der Waals surface area contributed by atoms with Crippen LogP contribution in [0.5, 0.6) is 0 Å². The first kappa shape index (κ1) is 53.5. The molecule has 1 aromatic heterocycles. The average Bonchev–Trinajstić information content (AvgIpc) is 3.94. The number of alkyl halides is 6. The number of amides is 6. The first-order valence-electron chi connectivity index (χ1n) is 23.8. The van der Waals surface area contributed by atoms with Crippen molar-refractivity contribution in [1.29, 1.82) is 0 Å². The molecule has 4 aliphatic rings. The fourth-order valence-electron chi connectivity index (χ4n) is 10.2. The van der Waals surface area contributed by atoms with Crippen molar-refractivity contribution in [3.8, 4) is 11.3 Å². The lowest BCUT2D eigenvalue weighted by Crippen LogP contribution is -2.65. The smallest absolute Gasteiger partial charge is 0.344 e. The highest BCUT2D eigenvalue weighted by atomic mass is 35.5. The van der Waals surface area contributed by atoms with Gasteiger partial charge in [-0.05, 0) is 74.6 Å². The second-order valence-electron chi connectivity index (χ2n) is 20.2. The lowest BCUT2D eigenvalue weighted by Gasteiger charge is -2.48. The van der Waals surface area contributed by atoms with Gasteiger partial charge in [0, 0.05) is 71.0 Å². The van der Waals surface area contributed by atoms with Crippen LogP contribution < -0.4 is 10.6 Å². The Labute approximate surface area is 404 Å². The number of benzene rings is 1. The van der Waals surface area contributed by atoms with Gasteiger partial charge in [0.2, 0.25) is 35.4 Å². The number of carbonyl (C=O) groups is 6. The minimum atomic E-state index is -5.40. The van der Waals surface area contributed by atoms with E-state index in [2.05, 4.69) is 15.7 Å². The van der Waals surface area contributed by atoms with Crippen molar-refractivity contribution in [2.75, 3.05) is 34.2 Å². The summed E-state index contributed by atoms with van der Waals surface area (Å²) < 4.78 is 87.1. The third kappa shape index (κ3) is 12.0. The zero-order chi connectivity index (χ0) is 50.9. The molecule has 2 aliphatic heterocycles. The summed E-state index contributed by atoms with van der Waals surface area (Å²) in [4.78, 5) is 90.2. The second kappa shape index (κ2) is 21.2. The zero-order valence-electron chi connectivity index (χ0n) is 40.3. The van der Waals surface area contributed by atoms with Crippen molar-refractivity contribution in [2.24, 2.45) is 24.3 Å². The summed E-state index contributed by atoms with van der Waals surface area (Å²) in [6.07, 6.45) is -7.14.